The van der Waals surface area contributed by atoms with E-state index >= 15 is 0 Å². The Bertz CT molecular complexity index is 1380. The van der Waals surface area contributed by atoms with Gasteiger partial charge >= 0.3 is 0 Å². The maximum Gasteiger partial charge on any atom is 0.280 e. The van der Waals surface area contributed by atoms with Gasteiger partial charge in [-0.3, -0.25) is 20.2 Å². The van der Waals surface area contributed by atoms with E-state index in [1.807, 2.05) is 0 Å². The van der Waals surface area contributed by atoms with Gasteiger partial charge in [0.1, 0.15) is 29.1 Å². The fourth-order valence-electron chi connectivity index (χ4n) is 3.06. The van der Waals surface area contributed by atoms with Crippen LogP contribution in [0, 0.1) is 23.2 Å². The van der Waals surface area contributed by atoms with Crippen molar-refractivity contribution in [1.29, 1.82) is 5.41 Å². The molecule has 13 heteroatoms. The maximum absolute atomic E-state index is 13.4. The highest BCUT2D eigenvalue weighted by Crippen LogP contribution is 2.35. The first kappa shape index (κ1) is 24.9. The Labute approximate surface area is 209 Å². The summed E-state index contributed by atoms with van der Waals surface area (Å²) in [6.07, 6.45) is 4.41. The van der Waals surface area contributed by atoms with Crippen LogP contribution in [-0.2, 0) is 0 Å². The summed E-state index contributed by atoms with van der Waals surface area (Å²) < 4.78 is 33.6. The van der Waals surface area contributed by atoms with E-state index in [0.717, 1.165) is 30.7 Å². The molecule has 2 N–H and O–H groups in total. The molecule has 0 atom stereocenters. The Balaban J connectivity index is 1.71. The normalized spacial score (nSPS) is 13.2. The van der Waals surface area contributed by atoms with Crippen LogP contribution >= 0.6 is 11.8 Å². The third-order valence-corrected chi connectivity index (χ3v) is 5.78. The number of halogens is 2. The molecule has 0 aliphatic heterocycles. The first-order chi connectivity index (χ1) is 17.4. The third kappa shape index (κ3) is 5.89. The van der Waals surface area contributed by atoms with E-state index in [2.05, 4.69) is 42.2 Å². The van der Waals surface area contributed by atoms with Crippen molar-refractivity contribution in [2.45, 2.75) is 19.3 Å². The number of nitrogens with one attached hydrogen (secondary N) is 2. The lowest BCUT2D eigenvalue weighted by atomic mass is 10.00. The molecule has 0 bridgehead atoms. The molecule has 1 fully saturated rings. The van der Waals surface area contributed by atoms with Crippen molar-refractivity contribution >= 4 is 27.9 Å². The molecule has 1 amide bonds. The van der Waals surface area contributed by atoms with Gasteiger partial charge < -0.3 is 10.1 Å². The Morgan fingerprint density at radius 3 is 2.75 bits per heavy atom. The van der Waals surface area contributed by atoms with Gasteiger partial charge in [-0.15, -0.1) is 0 Å². The zero-order chi connectivity index (χ0) is 25.7. The highest BCUT2D eigenvalue weighted by Gasteiger charge is 2.22. The molecular weight excluding hydrogens is 490 g/mol. The molecule has 1 saturated carbocycles. The minimum Gasteiger partial charge on any atom is -0.494 e. The topological polar surface area (TPSA) is 131 Å². The first-order valence-electron chi connectivity index (χ1n) is 10.6. The fraction of sp³-hybridized carbons (Fsp3) is 0.261. The predicted octanol–water partition coefficient (Wildman–Crippen LogP) is 3.51. The number of aromatic nitrogens is 5. The number of hydrogen-bond acceptors (Lipinski definition) is 9. The number of ether oxygens (including phenoxy) is 1. The number of alkyl halides is 2. The largest absolute Gasteiger partial charge is 0.494 e. The van der Waals surface area contributed by atoms with Crippen molar-refractivity contribution in [2.24, 2.45) is 10.9 Å². The zero-order valence-electron chi connectivity index (χ0n) is 19.2. The lowest BCUT2D eigenvalue weighted by molar-refractivity contribution is 0.0978. The summed E-state index contributed by atoms with van der Waals surface area (Å²) in [4.78, 5) is 29.2. The number of carbonyl (C=O) groups is 1. The van der Waals surface area contributed by atoms with Crippen LogP contribution in [0.5, 0.6) is 5.75 Å². The predicted molar refractivity (Wildman–Crippen MR) is 131 cm³/mol. The van der Waals surface area contributed by atoms with Crippen LogP contribution in [-0.4, -0.2) is 55.0 Å². The summed E-state index contributed by atoms with van der Waals surface area (Å²) in [6.45, 7) is 0. The first-order valence-corrected chi connectivity index (χ1v) is 11.4. The second-order valence-electron chi connectivity index (χ2n) is 7.50. The van der Waals surface area contributed by atoms with Crippen molar-refractivity contribution in [3.8, 4) is 34.5 Å². The van der Waals surface area contributed by atoms with Crippen LogP contribution in [0.2, 0.25) is 0 Å². The average molecular weight is 511 g/mol. The van der Waals surface area contributed by atoms with Gasteiger partial charge in [0.2, 0.25) is 0 Å². The lowest BCUT2D eigenvalue weighted by Gasteiger charge is -2.15. The smallest absolute Gasteiger partial charge is 0.280 e. The zero-order valence-corrected chi connectivity index (χ0v) is 20.0. The molecule has 0 aromatic carbocycles. The van der Waals surface area contributed by atoms with E-state index in [0.29, 0.717) is 11.7 Å². The SMILES string of the molecule is CN=C(NC(=O)c1cnc(-n2cncn2)cc1-c1cc(C(F)F)ncc1OC)SC(=N)C#CC1CC1. The third-order valence-electron chi connectivity index (χ3n) is 5.00. The quantitative estimate of drug-likeness (QED) is 0.305. The molecule has 0 saturated heterocycles. The number of methoxy groups -OCH3 is 1. The number of hydrogen-bond donors (Lipinski definition) is 2. The number of amidine groups is 1. The summed E-state index contributed by atoms with van der Waals surface area (Å²) in [5.41, 5.74) is 0.0341. The number of aliphatic imine (C=N–C) groups is 1. The number of amides is 1. The second kappa shape index (κ2) is 11.0. The Morgan fingerprint density at radius 1 is 1.31 bits per heavy atom. The van der Waals surface area contributed by atoms with Crippen molar-refractivity contribution < 1.29 is 18.3 Å². The molecule has 0 unspecified atom stereocenters. The second-order valence-corrected chi connectivity index (χ2v) is 8.50. The molecule has 0 spiro atoms. The molecule has 1 aliphatic rings. The van der Waals surface area contributed by atoms with E-state index < -0.39 is 18.0 Å². The molecule has 36 heavy (non-hydrogen) atoms. The summed E-state index contributed by atoms with van der Waals surface area (Å²) in [5.74, 6) is 5.93. The Morgan fingerprint density at radius 2 is 2.11 bits per heavy atom. The van der Waals surface area contributed by atoms with E-state index in [9.17, 15) is 13.6 Å². The van der Waals surface area contributed by atoms with E-state index in [-0.39, 0.29) is 32.7 Å². The van der Waals surface area contributed by atoms with Crippen molar-refractivity contribution in [1.82, 2.24) is 30.0 Å². The van der Waals surface area contributed by atoms with Crippen LogP contribution in [0.1, 0.15) is 35.3 Å². The van der Waals surface area contributed by atoms with Crippen LogP contribution in [0.25, 0.3) is 16.9 Å². The molecule has 4 rings (SSSR count). The molecule has 184 valence electrons. The number of nitrogens with zero attached hydrogens (tertiary/aromatic N) is 6. The minimum absolute atomic E-state index is 0.0417. The van der Waals surface area contributed by atoms with Crippen molar-refractivity contribution in [3.63, 3.8) is 0 Å². The van der Waals surface area contributed by atoms with Crippen LogP contribution in [0.3, 0.4) is 0 Å². The fourth-order valence-corrected chi connectivity index (χ4v) is 3.60. The Kier molecular flexibility index (Phi) is 7.65. The number of rotatable bonds is 5. The minimum atomic E-state index is -2.83. The van der Waals surface area contributed by atoms with Crippen molar-refractivity contribution in [2.75, 3.05) is 14.2 Å². The molecule has 3 aromatic heterocycles. The monoisotopic (exact) mass is 510 g/mol. The lowest BCUT2D eigenvalue weighted by Crippen LogP contribution is -2.29. The maximum atomic E-state index is 13.4. The van der Waals surface area contributed by atoms with Gasteiger partial charge in [-0.1, -0.05) is 5.92 Å². The van der Waals surface area contributed by atoms with Crippen LogP contribution in [0.4, 0.5) is 8.78 Å². The Hall–Kier alpha value is -4.18. The summed E-state index contributed by atoms with van der Waals surface area (Å²) in [5, 5.41) is 14.9. The van der Waals surface area contributed by atoms with E-state index in [1.165, 1.54) is 50.0 Å². The summed E-state index contributed by atoms with van der Waals surface area (Å²) in [7, 11) is 2.84. The molecule has 0 radical (unpaired) electrons. The standard InChI is InChI=1S/C23H20F2N8O2S/c1-27-23(36-19(26)6-5-13-3-4-13)32-22(34)16-9-30-20(33-12-28-11-31-33)8-14(16)15-7-17(21(24)25)29-10-18(15)35-2/h7-13,21,26H,3-4H2,1-2H3,(H,27,32,34). The molecular formula is C23H20F2N8O2S. The molecule has 10 nitrogen and oxygen atoms in total. The van der Waals surface area contributed by atoms with Crippen molar-refractivity contribution in [3.05, 3.63) is 48.4 Å². The number of thioether (sulfide) groups is 1. The highest BCUT2D eigenvalue weighted by atomic mass is 32.2. The number of carbonyl (C=O) groups excluding carboxylic acids is 1. The van der Waals surface area contributed by atoms with Gasteiger partial charge in [-0.05, 0) is 42.7 Å². The summed E-state index contributed by atoms with van der Waals surface area (Å²) >= 11 is 0.905. The summed E-state index contributed by atoms with van der Waals surface area (Å²) in [6, 6.07) is 2.67. The molecule has 1 aliphatic carbocycles. The van der Waals surface area contributed by atoms with Gasteiger partial charge in [0, 0.05) is 30.3 Å². The van der Waals surface area contributed by atoms with Gasteiger partial charge in [-0.25, -0.2) is 23.4 Å². The van der Waals surface area contributed by atoms with Crippen LogP contribution in [0.15, 0.2) is 42.2 Å². The number of pyridine rings is 2. The average Bonchev–Trinajstić information content (AvgIpc) is 3.56. The highest BCUT2D eigenvalue weighted by molar-refractivity contribution is 8.27. The van der Waals surface area contributed by atoms with E-state index in [4.69, 9.17) is 10.1 Å². The molecule has 3 heterocycles. The van der Waals surface area contributed by atoms with Gasteiger partial charge in [0.15, 0.2) is 11.0 Å². The van der Waals surface area contributed by atoms with Crippen LogP contribution < -0.4 is 10.1 Å². The van der Waals surface area contributed by atoms with Gasteiger partial charge in [0.05, 0.1) is 18.9 Å². The van der Waals surface area contributed by atoms with Gasteiger partial charge in [-0.2, -0.15) is 5.10 Å². The van der Waals surface area contributed by atoms with E-state index in [1.54, 1.807) is 0 Å². The molecule has 3 aromatic rings. The van der Waals surface area contributed by atoms with Gasteiger partial charge in [0.25, 0.3) is 12.3 Å².